The molecule has 1 saturated carbocycles. The Morgan fingerprint density at radius 1 is 1.11 bits per heavy atom. The highest BCUT2D eigenvalue weighted by atomic mass is 16.5. The fraction of sp³-hybridized carbons (Fsp3) is 0.545. The van der Waals surface area contributed by atoms with E-state index in [1.807, 2.05) is 6.07 Å². The predicted molar refractivity (Wildman–Crippen MR) is 105 cm³/mol. The molecule has 1 aliphatic carbocycles. The topological polar surface area (TPSA) is 46.9 Å². The van der Waals surface area contributed by atoms with Crippen LogP contribution in [-0.4, -0.2) is 44.4 Å². The van der Waals surface area contributed by atoms with Crippen LogP contribution in [0.5, 0.6) is 5.75 Å². The van der Waals surface area contributed by atoms with E-state index in [0.29, 0.717) is 12.5 Å². The molecule has 1 aromatic carbocycles. The molecular weight excluding hydrogens is 340 g/mol. The first kappa shape index (κ1) is 18.5. The van der Waals surface area contributed by atoms with E-state index in [9.17, 15) is 0 Å². The molecule has 2 heterocycles. The van der Waals surface area contributed by atoms with Gasteiger partial charge in [0, 0.05) is 37.7 Å². The van der Waals surface area contributed by atoms with Crippen LogP contribution in [0, 0.1) is 5.92 Å². The van der Waals surface area contributed by atoms with Crippen molar-refractivity contribution in [3.8, 4) is 5.75 Å². The lowest BCUT2D eigenvalue weighted by Gasteiger charge is -2.26. The second-order valence-corrected chi connectivity index (χ2v) is 7.64. The molecule has 4 rings (SSSR count). The van der Waals surface area contributed by atoms with Gasteiger partial charge in [-0.25, -0.2) is 0 Å². The molecule has 27 heavy (non-hydrogen) atoms. The first-order valence-electron chi connectivity index (χ1n) is 10.1. The summed E-state index contributed by atoms with van der Waals surface area (Å²) in [6, 6.07) is 12.5. The molecule has 1 aliphatic heterocycles. The van der Waals surface area contributed by atoms with Crippen LogP contribution in [0.25, 0.3) is 0 Å². The van der Waals surface area contributed by atoms with Crippen molar-refractivity contribution >= 4 is 0 Å². The number of para-hydroxylation sites is 1. The third kappa shape index (κ3) is 5.12. The minimum Gasteiger partial charge on any atom is -0.492 e. The van der Waals surface area contributed by atoms with E-state index in [1.54, 1.807) is 0 Å². The average Bonchev–Trinajstić information content (AvgIpc) is 3.24. The van der Waals surface area contributed by atoms with Gasteiger partial charge in [-0.3, -0.25) is 4.90 Å². The van der Waals surface area contributed by atoms with Gasteiger partial charge in [0.2, 0.25) is 0 Å². The first-order valence-corrected chi connectivity index (χ1v) is 10.1. The Labute approximate surface area is 161 Å². The minimum absolute atomic E-state index is 0.638. The van der Waals surface area contributed by atoms with Crippen LogP contribution in [0.2, 0.25) is 0 Å². The average molecular weight is 370 g/mol. The van der Waals surface area contributed by atoms with Crippen LogP contribution >= 0.6 is 0 Å². The van der Waals surface area contributed by atoms with Gasteiger partial charge in [0.25, 0.3) is 0 Å². The Balaban J connectivity index is 1.23. The van der Waals surface area contributed by atoms with Gasteiger partial charge in [-0.05, 0) is 30.5 Å². The fourth-order valence-electron chi connectivity index (χ4n) is 3.63. The molecule has 2 fully saturated rings. The lowest BCUT2D eigenvalue weighted by molar-refractivity contribution is 0.0322. The Bertz CT molecular complexity index is 724. The summed E-state index contributed by atoms with van der Waals surface area (Å²) in [5.41, 5.74) is 1.18. The van der Waals surface area contributed by atoms with E-state index < -0.39 is 0 Å². The second-order valence-electron chi connectivity index (χ2n) is 7.64. The van der Waals surface area contributed by atoms with Crippen molar-refractivity contribution in [1.82, 2.24) is 10.2 Å². The molecule has 2 aliphatic rings. The standard InChI is InChI=1S/C22H30N2O3/c1-17-14-20(17)22-7-6-19(27-22)16-23-15-18-4-2-3-5-21(18)26-13-10-24-8-11-25-12-9-24/h2-7,17,20,23H,8-16H2,1H3. The van der Waals surface area contributed by atoms with Crippen LogP contribution in [0.15, 0.2) is 40.8 Å². The number of hydrogen-bond acceptors (Lipinski definition) is 5. The third-order valence-electron chi connectivity index (χ3n) is 5.51. The normalized spacial score (nSPS) is 22.7. The molecule has 1 N–H and O–H groups in total. The van der Waals surface area contributed by atoms with E-state index in [4.69, 9.17) is 13.9 Å². The number of benzene rings is 1. The molecule has 5 heteroatoms. The third-order valence-corrected chi connectivity index (χ3v) is 5.51. The molecule has 1 aromatic heterocycles. The van der Waals surface area contributed by atoms with Crippen LogP contribution in [-0.2, 0) is 17.8 Å². The fourth-order valence-corrected chi connectivity index (χ4v) is 3.63. The van der Waals surface area contributed by atoms with Crippen LogP contribution in [0.4, 0.5) is 0 Å². The highest BCUT2D eigenvalue weighted by Crippen LogP contribution is 2.47. The molecule has 2 unspecified atom stereocenters. The van der Waals surface area contributed by atoms with Gasteiger partial charge in [-0.2, -0.15) is 0 Å². The monoisotopic (exact) mass is 370 g/mol. The van der Waals surface area contributed by atoms with Crippen molar-refractivity contribution in [2.24, 2.45) is 5.92 Å². The van der Waals surface area contributed by atoms with E-state index in [0.717, 1.165) is 69.1 Å². The lowest BCUT2D eigenvalue weighted by Crippen LogP contribution is -2.38. The summed E-state index contributed by atoms with van der Waals surface area (Å²) in [5.74, 6) is 4.53. The van der Waals surface area contributed by atoms with Crippen molar-refractivity contribution in [3.05, 3.63) is 53.5 Å². The van der Waals surface area contributed by atoms with Gasteiger partial charge in [0.05, 0.1) is 19.8 Å². The van der Waals surface area contributed by atoms with E-state index in [2.05, 4.69) is 47.5 Å². The quantitative estimate of drug-likeness (QED) is 0.733. The van der Waals surface area contributed by atoms with Crippen LogP contribution in [0.3, 0.4) is 0 Å². The largest absolute Gasteiger partial charge is 0.492 e. The Morgan fingerprint density at radius 2 is 1.93 bits per heavy atom. The Morgan fingerprint density at radius 3 is 2.74 bits per heavy atom. The molecule has 1 saturated heterocycles. The maximum Gasteiger partial charge on any atom is 0.123 e. The Hall–Kier alpha value is -1.82. The number of ether oxygens (including phenoxy) is 2. The smallest absolute Gasteiger partial charge is 0.123 e. The zero-order valence-electron chi connectivity index (χ0n) is 16.2. The highest BCUT2D eigenvalue weighted by Gasteiger charge is 2.36. The van der Waals surface area contributed by atoms with Crippen molar-refractivity contribution in [1.29, 1.82) is 0 Å². The first-order chi connectivity index (χ1) is 13.3. The summed E-state index contributed by atoms with van der Waals surface area (Å²) in [7, 11) is 0. The zero-order chi connectivity index (χ0) is 18.5. The van der Waals surface area contributed by atoms with E-state index >= 15 is 0 Å². The van der Waals surface area contributed by atoms with Crippen LogP contribution in [0.1, 0.15) is 36.3 Å². The van der Waals surface area contributed by atoms with Crippen LogP contribution < -0.4 is 10.1 Å². The highest BCUT2D eigenvalue weighted by molar-refractivity contribution is 5.33. The minimum atomic E-state index is 0.638. The molecule has 0 bridgehead atoms. The van der Waals surface area contributed by atoms with E-state index in [1.165, 1.54) is 12.0 Å². The number of furan rings is 1. The molecule has 0 amide bonds. The van der Waals surface area contributed by atoms with Crippen molar-refractivity contribution in [2.75, 3.05) is 39.5 Å². The maximum absolute atomic E-state index is 6.05. The summed E-state index contributed by atoms with van der Waals surface area (Å²) in [5, 5.41) is 3.48. The van der Waals surface area contributed by atoms with Gasteiger partial charge in [-0.1, -0.05) is 25.1 Å². The molecule has 146 valence electrons. The zero-order valence-corrected chi connectivity index (χ0v) is 16.2. The summed E-state index contributed by atoms with van der Waals surface area (Å²) in [4.78, 5) is 2.39. The predicted octanol–water partition coefficient (Wildman–Crippen LogP) is 3.40. The summed E-state index contributed by atoms with van der Waals surface area (Å²) < 4.78 is 17.4. The molecular formula is C22H30N2O3. The van der Waals surface area contributed by atoms with Crippen molar-refractivity contribution < 1.29 is 13.9 Å². The van der Waals surface area contributed by atoms with Gasteiger partial charge < -0.3 is 19.2 Å². The summed E-state index contributed by atoms with van der Waals surface area (Å²) in [6.45, 7) is 9.09. The van der Waals surface area contributed by atoms with E-state index in [-0.39, 0.29) is 0 Å². The number of morpholine rings is 1. The van der Waals surface area contributed by atoms with Gasteiger partial charge in [0.1, 0.15) is 23.9 Å². The molecule has 0 spiro atoms. The molecule has 2 atom stereocenters. The number of hydrogen-bond donors (Lipinski definition) is 1. The summed E-state index contributed by atoms with van der Waals surface area (Å²) >= 11 is 0. The Kier molecular flexibility index (Phi) is 6.12. The molecule has 0 radical (unpaired) electrons. The van der Waals surface area contributed by atoms with Gasteiger partial charge in [-0.15, -0.1) is 0 Å². The maximum atomic E-state index is 6.05. The van der Waals surface area contributed by atoms with Crippen molar-refractivity contribution in [3.63, 3.8) is 0 Å². The number of rotatable bonds is 9. The second kappa shape index (κ2) is 8.91. The van der Waals surface area contributed by atoms with Crippen molar-refractivity contribution in [2.45, 2.75) is 32.4 Å². The number of nitrogens with zero attached hydrogens (tertiary/aromatic N) is 1. The lowest BCUT2D eigenvalue weighted by atomic mass is 10.2. The number of nitrogens with one attached hydrogen (secondary N) is 1. The molecule has 2 aromatic rings. The summed E-state index contributed by atoms with van der Waals surface area (Å²) in [6.07, 6.45) is 1.26. The van der Waals surface area contributed by atoms with Gasteiger partial charge >= 0.3 is 0 Å². The SMILES string of the molecule is CC1CC1c1ccc(CNCc2ccccc2OCCN2CCOCC2)o1. The molecule has 5 nitrogen and oxygen atoms in total. The van der Waals surface area contributed by atoms with Gasteiger partial charge in [0.15, 0.2) is 0 Å².